The zero-order chi connectivity index (χ0) is 38.9. The molecule has 2 aromatic heterocycles. The lowest BCUT2D eigenvalue weighted by atomic mass is 9.96. The Hall–Kier alpha value is -7.50. The number of halogens is 5. The first-order valence-corrected chi connectivity index (χ1v) is 18.1. The Labute approximate surface area is 322 Å². The monoisotopic (exact) mass is 751 g/mol. The summed E-state index contributed by atoms with van der Waals surface area (Å²) in [6.45, 7) is 0. The van der Waals surface area contributed by atoms with Gasteiger partial charge in [-0.2, -0.15) is 5.26 Å². The summed E-state index contributed by atoms with van der Waals surface area (Å²) >= 11 is 0. The quantitative estimate of drug-likeness (QED) is 0.0979. The lowest BCUT2D eigenvalue weighted by molar-refractivity contribution is 0.381. The van der Waals surface area contributed by atoms with Gasteiger partial charge in [0, 0.05) is 27.1 Å². The van der Waals surface area contributed by atoms with Crippen LogP contribution in [0.1, 0.15) is 5.56 Å². The lowest BCUT2D eigenvalue weighted by Crippen LogP contribution is -2.10. The number of aromatic nitrogens is 2. The van der Waals surface area contributed by atoms with Gasteiger partial charge in [0.15, 0.2) is 23.3 Å². The molecule has 0 unspecified atom stereocenters. The van der Waals surface area contributed by atoms with Crippen molar-refractivity contribution in [3.63, 3.8) is 0 Å². The molecule has 10 aromatic rings. The predicted molar refractivity (Wildman–Crippen MR) is 216 cm³/mol. The highest BCUT2D eigenvalue weighted by Gasteiger charge is 2.31. The molecule has 0 spiro atoms. The zero-order valence-corrected chi connectivity index (χ0v) is 29.7. The molecule has 8 heteroatoms. The van der Waals surface area contributed by atoms with E-state index in [1.54, 1.807) is 16.7 Å². The van der Waals surface area contributed by atoms with Crippen molar-refractivity contribution in [2.45, 2.75) is 0 Å². The van der Waals surface area contributed by atoms with Crippen LogP contribution >= 0.6 is 0 Å². The molecule has 0 atom stereocenters. The Bertz CT molecular complexity index is 3280. The summed E-state index contributed by atoms with van der Waals surface area (Å²) in [5.41, 5.74) is 4.99. The molecule has 0 amide bonds. The third-order valence-electron chi connectivity index (χ3n) is 10.8. The van der Waals surface area contributed by atoms with E-state index in [1.165, 1.54) is 12.1 Å². The molecule has 0 aliphatic carbocycles. The number of nitriles is 1. The summed E-state index contributed by atoms with van der Waals surface area (Å²) in [6.07, 6.45) is 0. The van der Waals surface area contributed by atoms with Gasteiger partial charge in [0.05, 0.1) is 39.0 Å². The summed E-state index contributed by atoms with van der Waals surface area (Å²) in [5, 5.41) is 14.6. The van der Waals surface area contributed by atoms with Crippen LogP contribution in [0, 0.1) is 40.4 Å². The molecule has 10 rings (SSSR count). The van der Waals surface area contributed by atoms with Crippen LogP contribution in [-0.4, -0.2) is 9.13 Å². The first kappa shape index (κ1) is 34.0. The normalized spacial score (nSPS) is 11.6. The van der Waals surface area contributed by atoms with Gasteiger partial charge in [0.2, 0.25) is 5.82 Å². The fourth-order valence-electron chi connectivity index (χ4n) is 8.21. The number of hydrogen-bond acceptors (Lipinski definition) is 1. The molecule has 8 aromatic carbocycles. The summed E-state index contributed by atoms with van der Waals surface area (Å²) in [5.74, 6) is -10.4. The Morgan fingerprint density at radius 3 is 1.35 bits per heavy atom. The SMILES string of the molecule is N#Cc1c(-n2c3ccccc3c3ccc(-c4ccccc4)cc32)ccc(-c2c(F)c(F)c(F)c(F)c2F)c1-n1c2ccccc2c2ccc(-c3ccccc3)cc21. The van der Waals surface area contributed by atoms with Gasteiger partial charge in [-0.1, -0.05) is 121 Å². The molecule has 3 nitrogen and oxygen atoms in total. The van der Waals surface area contributed by atoms with Crippen LogP contribution in [0.25, 0.3) is 88.4 Å². The van der Waals surface area contributed by atoms with E-state index >= 15 is 17.6 Å². The molecule has 57 heavy (non-hydrogen) atoms. The topological polar surface area (TPSA) is 33.6 Å². The second kappa shape index (κ2) is 13.1. The Morgan fingerprint density at radius 2 is 0.825 bits per heavy atom. The molecule has 0 saturated carbocycles. The summed E-state index contributed by atoms with van der Waals surface area (Å²) in [7, 11) is 0. The third-order valence-corrected chi connectivity index (χ3v) is 10.8. The molecule has 0 aliphatic heterocycles. The number of fused-ring (bicyclic) bond motifs is 6. The number of rotatable bonds is 5. The lowest BCUT2D eigenvalue weighted by Gasteiger charge is -2.21. The van der Waals surface area contributed by atoms with Crippen molar-refractivity contribution >= 4 is 43.6 Å². The van der Waals surface area contributed by atoms with E-state index in [-0.39, 0.29) is 16.8 Å². The fraction of sp³-hybridized carbons (Fsp3) is 0. The van der Waals surface area contributed by atoms with Gasteiger partial charge in [0.1, 0.15) is 11.6 Å². The number of hydrogen-bond donors (Lipinski definition) is 0. The second-order valence-corrected chi connectivity index (χ2v) is 13.8. The van der Waals surface area contributed by atoms with Crippen LogP contribution < -0.4 is 0 Å². The Balaban J connectivity index is 1.39. The highest BCUT2D eigenvalue weighted by atomic mass is 19.2. The van der Waals surface area contributed by atoms with E-state index in [4.69, 9.17) is 0 Å². The molecule has 272 valence electrons. The molecule has 0 radical (unpaired) electrons. The van der Waals surface area contributed by atoms with Crippen molar-refractivity contribution in [2.24, 2.45) is 0 Å². The molecular formula is C49H26F5N3. The molecule has 0 bridgehead atoms. The van der Waals surface area contributed by atoms with Gasteiger partial charge in [-0.25, -0.2) is 22.0 Å². The predicted octanol–water partition coefficient (Wildman–Crippen LogP) is 13.4. The minimum Gasteiger partial charge on any atom is -0.308 e. The minimum atomic E-state index is -2.27. The van der Waals surface area contributed by atoms with Crippen LogP contribution in [0.3, 0.4) is 0 Å². The number of nitrogens with zero attached hydrogens (tertiary/aromatic N) is 3. The average molecular weight is 752 g/mol. The minimum absolute atomic E-state index is 0.0419. The Morgan fingerprint density at radius 1 is 0.386 bits per heavy atom. The molecule has 0 N–H and O–H groups in total. The van der Waals surface area contributed by atoms with Crippen LogP contribution in [-0.2, 0) is 0 Å². The maximum absolute atomic E-state index is 16.0. The van der Waals surface area contributed by atoms with E-state index in [2.05, 4.69) is 6.07 Å². The van der Waals surface area contributed by atoms with E-state index in [0.717, 1.165) is 54.8 Å². The smallest absolute Gasteiger partial charge is 0.200 e. The molecule has 0 saturated heterocycles. The molecular weight excluding hydrogens is 726 g/mol. The summed E-state index contributed by atoms with van der Waals surface area (Å²) in [4.78, 5) is 0. The molecule has 2 heterocycles. The fourth-order valence-corrected chi connectivity index (χ4v) is 8.21. The van der Waals surface area contributed by atoms with Gasteiger partial charge in [-0.3, -0.25) is 0 Å². The number of para-hydroxylation sites is 2. The maximum Gasteiger partial charge on any atom is 0.200 e. The summed E-state index contributed by atoms with van der Waals surface area (Å²) < 4.78 is 80.4. The molecule has 0 aliphatic rings. The standard InChI is InChI=1S/C49H26F5N3/c50-44-43(45(51)47(53)48(54)46(44)52)36-23-24-40(56-38-17-9-7-15-32(38)34-21-19-30(25-41(34)56)28-11-3-1-4-12-28)37(27-55)49(36)57-39-18-10-8-16-33(39)35-22-20-31(26-42(35)57)29-13-5-2-6-14-29/h1-26H. The van der Waals surface area contributed by atoms with Gasteiger partial charge in [-0.05, 0) is 58.7 Å². The van der Waals surface area contributed by atoms with Crippen molar-refractivity contribution in [2.75, 3.05) is 0 Å². The Kier molecular flexibility index (Phi) is 7.80. The highest BCUT2D eigenvalue weighted by molar-refractivity contribution is 6.12. The van der Waals surface area contributed by atoms with Crippen molar-refractivity contribution in [3.8, 4) is 50.8 Å². The second-order valence-electron chi connectivity index (χ2n) is 13.8. The van der Waals surface area contributed by atoms with Gasteiger partial charge < -0.3 is 9.13 Å². The van der Waals surface area contributed by atoms with Gasteiger partial charge in [0.25, 0.3) is 0 Å². The first-order valence-electron chi connectivity index (χ1n) is 18.1. The van der Waals surface area contributed by atoms with E-state index < -0.39 is 34.6 Å². The summed E-state index contributed by atoms with van der Waals surface area (Å²) in [6, 6.07) is 51.5. The van der Waals surface area contributed by atoms with Crippen molar-refractivity contribution in [1.29, 1.82) is 5.26 Å². The highest BCUT2D eigenvalue weighted by Crippen LogP contribution is 2.45. The van der Waals surface area contributed by atoms with E-state index in [0.29, 0.717) is 16.7 Å². The van der Waals surface area contributed by atoms with Crippen molar-refractivity contribution < 1.29 is 22.0 Å². The number of benzene rings is 8. The van der Waals surface area contributed by atoms with E-state index in [1.807, 2.05) is 138 Å². The van der Waals surface area contributed by atoms with E-state index in [9.17, 15) is 9.65 Å². The maximum atomic E-state index is 16.0. The van der Waals surface area contributed by atoms with Crippen LogP contribution in [0.15, 0.2) is 158 Å². The molecule has 0 fully saturated rings. The van der Waals surface area contributed by atoms with Crippen LogP contribution in [0.5, 0.6) is 0 Å². The zero-order valence-electron chi connectivity index (χ0n) is 29.7. The largest absolute Gasteiger partial charge is 0.308 e. The van der Waals surface area contributed by atoms with Crippen LogP contribution in [0.4, 0.5) is 22.0 Å². The first-order chi connectivity index (χ1) is 27.9. The van der Waals surface area contributed by atoms with Gasteiger partial charge in [-0.15, -0.1) is 0 Å². The third kappa shape index (κ3) is 5.09. The van der Waals surface area contributed by atoms with Gasteiger partial charge >= 0.3 is 0 Å². The average Bonchev–Trinajstić information content (AvgIpc) is 3.77. The van der Waals surface area contributed by atoms with Crippen molar-refractivity contribution in [1.82, 2.24) is 9.13 Å². The van der Waals surface area contributed by atoms with Crippen molar-refractivity contribution in [3.05, 3.63) is 192 Å². The van der Waals surface area contributed by atoms with Crippen LogP contribution in [0.2, 0.25) is 0 Å².